The largest absolute Gasteiger partial charge is 0.496 e. The lowest BCUT2D eigenvalue weighted by molar-refractivity contribution is -0.183. The van der Waals surface area contributed by atoms with Crippen molar-refractivity contribution < 1.29 is 24.6 Å². The van der Waals surface area contributed by atoms with Crippen LogP contribution in [0.25, 0.3) is 21.9 Å². The number of nitrogens with one attached hydrogen (secondary N) is 1. The van der Waals surface area contributed by atoms with Gasteiger partial charge >= 0.3 is 0 Å². The average Bonchev–Trinajstić information content (AvgIpc) is 3.36. The molecule has 42 heavy (non-hydrogen) atoms. The van der Waals surface area contributed by atoms with E-state index in [1.165, 1.54) is 6.42 Å². The van der Waals surface area contributed by atoms with Crippen LogP contribution in [0, 0.1) is 29.1 Å². The number of carbonyl (C=O) groups excluding carboxylic acids is 1. The molecule has 7 nitrogen and oxygen atoms in total. The van der Waals surface area contributed by atoms with Crippen LogP contribution in [0.5, 0.6) is 5.75 Å². The second-order valence-corrected chi connectivity index (χ2v) is 13.3. The van der Waals surface area contributed by atoms with Crippen molar-refractivity contribution in [2.45, 2.75) is 71.4 Å². The molecule has 1 saturated heterocycles. The minimum Gasteiger partial charge on any atom is -0.496 e. The normalized spacial score (nSPS) is 31.0. The number of amides is 1. The van der Waals surface area contributed by atoms with Gasteiger partial charge in [-0.25, -0.2) is 0 Å². The van der Waals surface area contributed by atoms with E-state index in [1.807, 2.05) is 36.4 Å². The summed E-state index contributed by atoms with van der Waals surface area (Å²) in [5.74, 6) is 1.56. The second-order valence-electron chi connectivity index (χ2n) is 13.3. The Kier molecular flexibility index (Phi) is 7.81. The maximum absolute atomic E-state index is 14.1. The van der Waals surface area contributed by atoms with Gasteiger partial charge in [-0.2, -0.15) is 5.06 Å². The quantitative estimate of drug-likeness (QED) is 0.345. The summed E-state index contributed by atoms with van der Waals surface area (Å²) < 4.78 is 6.00. The molecule has 3 saturated carbocycles. The van der Waals surface area contributed by atoms with E-state index < -0.39 is 24.2 Å². The number of para-hydroxylation sites is 1. The molecule has 3 aromatic carbocycles. The Hall–Kier alpha value is -2.97. The zero-order chi connectivity index (χ0) is 29.8. The van der Waals surface area contributed by atoms with Gasteiger partial charge < -0.3 is 20.3 Å². The van der Waals surface area contributed by atoms with Crippen LogP contribution in [0.3, 0.4) is 0 Å². The van der Waals surface area contributed by atoms with Crippen molar-refractivity contribution in [1.82, 2.24) is 10.4 Å². The van der Waals surface area contributed by atoms with Crippen molar-refractivity contribution in [3.8, 4) is 16.9 Å². The molecule has 0 radical (unpaired) electrons. The van der Waals surface area contributed by atoms with E-state index in [0.29, 0.717) is 28.9 Å². The molecular formula is C35H44N2O5. The first-order valence-corrected chi connectivity index (χ1v) is 15.3. The maximum atomic E-state index is 14.1. The Morgan fingerprint density at radius 2 is 1.81 bits per heavy atom. The molecule has 0 aromatic heterocycles. The third-order valence-corrected chi connectivity index (χ3v) is 10.8. The van der Waals surface area contributed by atoms with Gasteiger partial charge in [0.2, 0.25) is 5.91 Å². The van der Waals surface area contributed by atoms with Crippen LogP contribution >= 0.6 is 0 Å². The molecule has 4 fully saturated rings. The molecule has 3 N–H and O–H groups in total. The van der Waals surface area contributed by atoms with E-state index in [1.54, 1.807) is 19.1 Å². The van der Waals surface area contributed by atoms with Crippen LogP contribution in [0.2, 0.25) is 0 Å². The van der Waals surface area contributed by atoms with Gasteiger partial charge in [-0.3, -0.25) is 9.63 Å². The molecule has 2 bridgehead atoms. The summed E-state index contributed by atoms with van der Waals surface area (Å²) in [5.41, 5.74) is 3.19. The number of ether oxygens (including phenoxy) is 1. The Morgan fingerprint density at radius 3 is 2.50 bits per heavy atom. The van der Waals surface area contributed by atoms with Gasteiger partial charge in [-0.1, -0.05) is 81.4 Å². The van der Waals surface area contributed by atoms with Crippen LogP contribution in [0.15, 0.2) is 60.7 Å². The number of aliphatic hydroxyl groups excluding tert-OH is 2. The van der Waals surface area contributed by atoms with Crippen molar-refractivity contribution in [3.63, 3.8) is 0 Å². The topological polar surface area (TPSA) is 91.3 Å². The lowest BCUT2D eigenvalue weighted by Crippen LogP contribution is -2.62. The number of rotatable bonds is 8. The third-order valence-electron chi connectivity index (χ3n) is 10.8. The van der Waals surface area contributed by atoms with Crippen LogP contribution in [0.4, 0.5) is 0 Å². The SMILES string of the molecule is COc1c(CN2O[C@@H](CO)[C@H]([C@H](C)O)[C@H]2C(=O)N[C@H]2CC3C[C@@H]([C@@H]2C)C3(C)C)cccc1-c1cccc2ccccc12. The monoisotopic (exact) mass is 572 g/mol. The molecular weight excluding hydrogens is 528 g/mol. The molecule has 1 aliphatic heterocycles. The minimum atomic E-state index is -0.845. The molecule has 8 atom stereocenters. The number of carbonyl (C=O) groups is 1. The van der Waals surface area contributed by atoms with Crippen LogP contribution in [-0.4, -0.2) is 59.2 Å². The summed E-state index contributed by atoms with van der Waals surface area (Å²) in [6, 6.07) is 19.9. The first-order chi connectivity index (χ1) is 20.1. The molecule has 3 aromatic rings. The van der Waals surface area contributed by atoms with Gasteiger partial charge in [0.25, 0.3) is 0 Å². The van der Waals surface area contributed by atoms with Crippen molar-refractivity contribution in [2.24, 2.45) is 29.1 Å². The van der Waals surface area contributed by atoms with Gasteiger partial charge in [0, 0.05) is 23.1 Å². The van der Waals surface area contributed by atoms with Crippen molar-refractivity contribution >= 4 is 16.7 Å². The number of hydroxylamine groups is 2. The molecule has 7 heteroatoms. The standard InChI is InChI=1S/C35H44N2O5/c1-20-28-16-24(35(28,3)4)17-29(20)36-34(40)32-31(21(2)39)30(19-38)42-37(32)18-23-12-9-15-27(33(23)41-5)26-14-8-11-22-10-6-7-13-25(22)26/h6-15,20-21,24,28-32,38-39H,16-19H2,1-5H3,(H,36,40)/t20-,21-,24?,28-,29-,30-,31-,32-/m0/s1. The van der Waals surface area contributed by atoms with Gasteiger partial charge in [0.05, 0.1) is 26.4 Å². The summed E-state index contributed by atoms with van der Waals surface area (Å²) in [4.78, 5) is 20.3. The van der Waals surface area contributed by atoms with Crippen LogP contribution in [0.1, 0.15) is 46.1 Å². The zero-order valence-corrected chi connectivity index (χ0v) is 25.3. The highest BCUT2D eigenvalue weighted by Gasteiger charge is 2.57. The van der Waals surface area contributed by atoms with E-state index in [9.17, 15) is 15.0 Å². The number of aliphatic hydroxyl groups is 2. The van der Waals surface area contributed by atoms with E-state index in [4.69, 9.17) is 9.57 Å². The first kappa shape index (κ1) is 29.1. The third kappa shape index (κ3) is 4.80. The molecule has 0 spiro atoms. The lowest BCUT2D eigenvalue weighted by Gasteiger charge is -2.62. The first-order valence-electron chi connectivity index (χ1n) is 15.3. The number of nitrogens with zero attached hydrogens (tertiary/aromatic N) is 1. The highest BCUT2D eigenvalue weighted by atomic mass is 16.7. The number of benzene rings is 3. The van der Waals surface area contributed by atoms with E-state index in [-0.39, 0.29) is 25.1 Å². The summed E-state index contributed by atoms with van der Waals surface area (Å²) in [6.07, 6.45) is 0.662. The van der Waals surface area contributed by atoms with Gasteiger partial charge in [-0.15, -0.1) is 0 Å². The van der Waals surface area contributed by atoms with Gasteiger partial charge in [0.15, 0.2) is 0 Å². The predicted octanol–water partition coefficient (Wildman–Crippen LogP) is 5.18. The fraction of sp³-hybridized carbons (Fsp3) is 0.514. The van der Waals surface area contributed by atoms with Gasteiger partial charge in [-0.05, 0) is 59.3 Å². The summed E-state index contributed by atoms with van der Waals surface area (Å²) in [6.45, 7) is 8.59. The van der Waals surface area contributed by atoms with Crippen LogP contribution in [-0.2, 0) is 16.2 Å². The molecule has 1 unspecified atom stereocenters. The number of fused-ring (bicyclic) bond motifs is 3. The predicted molar refractivity (Wildman–Crippen MR) is 163 cm³/mol. The highest BCUT2D eigenvalue weighted by molar-refractivity contribution is 5.98. The number of hydrogen-bond acceptors (Lipinski definition) is 6. The molecule has 7 rings (SSSR count). The number of methoxy groups -OCH3 is 1. The zero-order valence-electron chi connectivity index (χ0n) is 25.3. The fourth-order valence-corrected chi connectivity index (χ4v) is 8.27. The highest BCUT2D eigenvalue weighted by Crippen LogP contribution is 2.61. The Bertz CT molecular complexity index is 1450. The second kappa shape index (κ2) is 11.3. The smallest absolute Gasteiger partial charge is 0.240 e. The molecule has 4 aliphatic rings. The van der Waals surface area contributed by atoms with E-state index in [0.717, 1.165) is 33.9 Å². The molecule has 1 heterocycles. The minimum absolute atomic E-state index is 0.0863. The van der Waals surface area contributed by atoms with Crippen molar-refractivity contribution in [1.29, 1.82) is 0 Å². The molecule has 1 amide bonds. The molecule has 3 aliphatic carbocycles. The van der Waals surface area contributed by atoms with E-state index in [2.05, 4.69) is 50.4 Å². The fourth-order valence-electron chi connectivity index (χ4n) is 8.27. The average molecular weight is 573 g/mol. The summed E-state index contributed by atoms with van der Waals surface area (Å²) >= 11 is 0. The summed E-state index contributed by atoms with van der Waals surface area (Å²) in [7, 11) is 1.66. The Morgan fingerprint density at radius 1 is 1.10 bits per heavy atom. The Labute approximate surface area is 248 Å². The maximum Gasteiger partial charge on any atom is 0.240 e. The van der Waals surface area contributed by atoms with Crippen molar-refractivity contribution in [3.05, 3.63) is 66.2 Å². The Balaban J connectivity index is 1.31. The van der Waals surface area contributed by atoms with Crippen molar-refractivity contribution in [2.75, 3.05) is 13.7 Å². The van der Waals surface area contributed by atoms with Crippen LogP contribution < -0.4 is 10.1 Å². The van der Waals surface area contributed by atoms with Gasteiger partial charge in [0.1, 0.15) is 17.9 Å². The number of hydrogen-bond donors (Lipinski definition) is 3. The summed E-state index contributed by atoms with van der Waals surface area (Å²) in [5, 5.41) is 28.3. The molecule has 224 valence electrons. The van der Waals surface area contributed by atoms with E-state index >= 15 is 0 Å². The lowest BCUT2D eigenvalue weighted by atomic mass is 9.45.